The molecule has 0 spiro atoms. The van der Waals surface area contributed by atoms with Crippen LogP contribution in [0.25, 0.3) is 0 Å². The second-order valence-electron chi connectivity index (χ2n) is 5.75. The standard InChI is InChI=1S/C19H19BrClN3O3S/c1-3-4-17(25)22-12-6-7-14(21)15(10-12)23-19(28)24-18(26)11-5-8-16(27-2)13(20)9-11/h5-10H,3-4H2,1-2H3,(H,22,25)(H2,23,24,26,28). The van der Waals surface area contributed by atoms with Gasteiger partial charge in [0.2, 0.25) is 5.91 Å². The van der Waals surface area contributed by atoms with E-state index in [1.807, 2.05) is 6.92 Å². The van der Waals surface area contributed by atoms with E-state index in [0.29, 0.717) is 38.6 Å². The molecule has 0 aliphatic rings. The summed E-state index contributed by atoms with van der Waals surface area (Å²) < 4.78 is 5.80. The number of hydrogen-bond donors (Lipinski definition) is 3. The van der Waals surface area contributed by atoms with Gasteiger partial charge in [-0.05, 0) is 71.0 Å². The first-order chi connectivity index (χ1) is 13.3. The highest BCUT2D eigenvalue weighted by atomic mass is 79.9. The van der Waals surface area contributed by atoms with E-state index in [1.165, 1.54) is 0 Å². The Morgan fingerprint density at radius 3 is 2.57 bits per heavy atom. The van der Waals surface area contributed by atoms with Crippen LogP contribution in [0.5, 0.6) is 5.75 Å². The van der Waals surface area contributed by atoms with Crippen molar-refractivity contribution in [3.05, 3.63) is 51.5 Å². The molecule has 2 rings (SSSR count). The molecule has 0 unspecified atom stereocenters. The molecule has 0 atom stereocenters. The van der Waals surface area contributed by atoms with Crippen LogP contribution in [-0.2, 0) is 4.79 Å². The summed E-state index contributed by atoms with van der Waals surface area (Å²) in [6, 6.07) is 9.91. The van der Waals surface area contributed by atoms with Gasteiger partial charge in [0.05, 0.1) is 22.3 Å². The van der Waals surface area contributed by atoms with Crippen molar-refractivity contribution in [2.45, 2.75) is 19.8 Å². The summed E-state index contributed by atoms with van der Waals surface area (Å²) in [7, 11) is 1.54. The van der Waals surface area contributed by atoms with Crippen LogP contribution in [0.15, 0.2) is 40.9 Å². The number of halogens is 2. The molecule has 6 nitrogen and oxygen atoms in total. The molecular formula is C19H19BrClN3O3S. The van der Waals surface area contributed by atoms with Crippen LogP contribution >= 0.6 is 39.7 Å². The maximum atomic E-state index is 12.4. The molecule has 2 aromatic rings. The summed E-state index contributed by atoms with van der Waals surface area (Å²) in [6.45, 7) is 1.93. The Morgan fingerprint density at radius 2 is 1.93 bits per heavy atom. The normalized spacial score (nSPS) is 10.1. The van der Waals surface area contributed by atoms with E-state index in [0.717, 1.165) is 6.42 Å². The molecule has 0 saturated carbocycles. The average molecular weight is 485 g/mol. The number of hydrogen-bond acceptors (Lipinski definition) is 4. The van der Waals surface area contributed by atoms with Gasteiger partial charge in [0.25, 0.3) is 5.91 Å². The number of thiocarbonyl (C=S) groups is 1. The van der Waals surface area contributed by atoms with Crippen molar-refractivity contribution in [3.8, 4) is 5.75 Å². The van der Waals surface area contributed by atoms with Gasteiger partial charge >= 0.3 is 0 Å². The number of anilines is 2. The van der Waals surface area contributed by atoms with E-state index in [2.05, 4.69) is 31.9 Å². The number of benzene rings is 2. The smallest absolute Gasteiger partial charge is 0.257 e. The molecule has 0 heterocycles. The van der Waals surface area contributed by atoms with E-state index >= 15 is 0 Å². The molecule has 9 heteroatoms. The van der Waals surface area contributed by atoms with E-state index < -0.39 is 0 Å². The summed E-state index contributed by atoms with van der Waals surface area (Å²) in [5, 5.41) is 8.73. The fraction of sp³-hybridized carbons (Fsp3) is 0.211. The SMILES string of the molecule is CCCC(=O)Nc1ccc(Cl)c(NC(=S)NC(=O)c2ccc(OC)c(Br)c2)c1. The van der Waals surface area contributed by atoms with Gasteiger partial charge in [0, 0.05) is 17.7 Å². The zero-order chi connectivity index (χ0) is 20.7. The van der Waals surface area contributed by atoms with Crippen LogP contribution in [0.1, 0.15) is 30.1 Å². The van der Waals surface area contributed by atoms with Gasteiger partial charge in [0.15, 0.2) is 5.11 Å². The lowest BCUT2D eigenvalue weighted by molar-refractivity contribution is -0.116. The Kier molecular flexibility index (Phi) is 8.22. The fourth-order valence-corrected chi connectivity index (χ4v) is 3.19. The van der Waals surface area contributed by atoms with Crippen LogP contribution in [0.3, 0.4) is 0 Å². The van der Waals surface area contributed by atoms with Gasteiger partial charge in [-0.1, -0.05) is 18.5 Å². The molecule has 28 heavy (non-hydrogen) atoms. The highest BCUT2D eigenvalue weighted by molar-refractivity contribution is 9.10. The van der Waals surface area contributed by atoms with Gasteiger partial charge < -0.3 is 15.4 Å². The Bertz CT molecular complexity index is 908. The van der Waals surface area contributed by atoms with Crippen molar-refractivity contribution in [3.63, 3.8) is 0 Å². The zero-order valence-electron chi connectivity index (χ0n) is 15.3. The molecule has 148 valence electrons. The van der Waals surface area contributed by atoms with Crippen LogP contribution in [0.2, 0.25) is 5.02 Å². The first-order valence-electron chi connectivity index (χ1n) is 8.39. The number of carbonyl (C=O) groups is 2. The third-order valence-electron chi connectivity index (χ3n) is 3.62. The summed E-state index contributed by atoms with van der Waals surface area (Å²) >= 11 is 14.7. The molecule has 0 fully saturated rings. The topological polar surface area (TPSA) is 79.5 Å². The molecule has 0 saturated heterocycles. The number of rotatable bonds is 6. The number of nitrogens with one attached hydrogen (secondary N) is 3. The van der Waals surface area contributed by atoms with Gasteiger partial charge in [-0.15, -0.1) is 0 Å². The highest BCUT2D eigenvalue weighted by Gasteiger charge is 2.12. The van der Waals surface area contributed by atoms with Crippen LogP contribution in [0.4, 0.5) is 11.4 Å². The van der Waals surface area contributed by atoms with Crippen molar-refractivity contribution in [2.75, 3.05) is 17.7 Å². The van der Waals surface area contributed by atoms with Crippen molar-refractivity contribution in [1.82, 2.24) is 5.32 Å². The third kappa shape index (κ3) is 6.19. The molecule has 0 aromatic heterocycles. The van der Waals surface area contributed by atoms with Gasteiger partial charge in [-0.25, -0.2) is 0 Å². The molecule has 0 aliphatic carbocycles. The minimum Gasteiger partial charge on any atom is -0.496 e. The van der Waals surface area contributed by atoms with E-state index in [1.54, 1.807) is 43.5 Å². The maximum Gasteiger partial charge on any atom is 0.257 e. The predicted octanol–water partition coefficient (Wildman–Crippen LogP) is 4.98. The van der Waals surface area contributed by atoms with Crippen LogP contribution in [0, 0.1) is 0 Å². The number of ether oxygens (including phenoxy) is 1. The van der Waals surface area contributed by atoms with Crippen LogP contribution < -0.4 is 20.7 Å². The second-order valence-corrected chi connectivity index (χ2v) is 7.42. The highest BCUT2D eigenvalue weighted by Crippen LogP contribution is 2.27. The van der Waals surface area contributed by atoms with E-state index in [4.69, 9.17) is 28.6 Å². The minimum absolute atomic E-state index is 0.0795. The molecule has 0 radical (unpaired) electrons. The maximum absolute atomic E-state index is 12.4. The summed E-state index contributed by atoms with van der Waals surface area (Å²) in [5.74, 6) is 0.145. The second kappa shape index (κ2) is 10.4. The van der Waals surface area contributed by atoms with Gasteiger partial charge in [-0.3, -0.25) is 14.9 Å². The summed E-state index contributed by atoms with van der Waals surface area (Å²) in [4.78, 5) is 24.1. The Hall–Kier alpha value is -2.16. The molecule has 0 aliphatic heterocycles. The fourth-order valence-electron chi connectivity index (χ4n) is 2.29. The minimum atomic E-state index is -0.385. The Balaban J connectivity index is 2.05. The number of amides is 2. The quantitative estimate of drug-likeness (QED) is 0.504. The first-order valence-corrected chi connectivity index (χ1v) is 9.97. The monoisotopic (exact) mass is 483 g/mol. The number of carbonyl (C=O) groups excluding carboxylic acids is 2. The summed E-state index contributed by atoms with van der Waals surface area (Å²) in [6.07, 6.45) is 1.18. The van der Waals surface area contributed by atoms with E-state index in [9.17, 15) is 9.59 Å². The largest absolute Gasteiger partial charge is 0.496 e. The molecule has 2 amide bonds. The lowest BCUT2D eigenvalue weighted by Gasteiger charge is -2.13. The summed E-state index contributed by atoms with van der Waals surface area (Å²) in [5.41, 5.74) is 1.46. The molecule has 2 aromatic carbocycles. The Morgan fingerprint density at radius 1 is 1.18 bits per heavy atom. The Labute approximate surface area is 182 Å². The molecule has 0 bridgehead atoms. The van der Waals surface area contributed by atoms with E-state index in [-0.39, 0.29) is 16.9 Å². The van der Waals surface area contributed by atoms with Crippen LogP contribution in [-0.4, -0.2) is 24.0 Å². The van der Waals surface area contributed by atoms with Gasteiger partial charge in [-0.2, -0.15) is 0 Å². The number of methoxy groups -OCH3 is 1. The molecular weight excluding hydrogens is 466 g/mol. The van der Waals surface area contributed by atoms with Gasteiger partial charge in [0.1, 0.15) is 5.75 Å². The first kappa shape index (κ1) is 22.1. The van der Waals surface area contributed by atoms with Crippen molar-refractivity contribution < 1.29 is 14.3 Å². The van der Waals surface area contributed by atoms with Crippen molar-refractivity contribution in [2.24, 2.45) is 0 Å². The van der Waals surface area contributed by atoms with Crippen molar-refractivity contribution in [1.29, 1.82) is 0 Å². The lowest BCUT2D eigenvalue weighted by atomic mass is 10.2. The average Bonchev–Trinajstić information content (AvgIpc) is 2.64. The molecule has 3 N–H and O–H groups in total. The third-order valence-corrected chi connectivity index (χ3v) is 4.77. The zero-order valence-corrected chi connectivity index (χ0v) is 18.4. The van der Waals surface area contributed by atoms with Crippen molar-refractivity contribution >= 4 is 68.1 Å². The predicted molar refractivity (Wildman–Crippen MR) is 119 cm³/mol. The lowest BCUT2D eigenvalue weighted by Crippen LogP contribution is -2.34.